The molecule has 0 radical (unpaired) electrons. The predicted molar refractivity (Wildman–Crippen MR) is 127 cm³/mol. The zero-order chi connectivity index (χ0) is 23.6. The van der Waals surface area contributed by atoms with Crippen molar-refractivity contribution >= 4 is 43.8 Å². The lowest BCUT2D eigenvalue weighted by molar-refractivity contribution is 0.126. The molecular weight excluding hydrogens is 469 g/mol. The summed E-state index contributed by atoms with van der Waals surface area (Å²) in [6.07, 6.45) is 5.87. The zero-order valence-electron chi connectivity index (χ0n) is 18.3. The molecule has 1 aliphatic carbocycles. The first kappa shape index (κ1) is 23.5. The summed E-state index contributed by atoms with van der Waals surface area (Å²) in [5.74, 6) is 1.32. The standard InChI is InChI=1S/C23H25ClFN3O4S/c1-31-21-11-20-17(23(27-13-26-20)28-15-6-7-19(25)18(24)9-15)10-22(21)32-16-5-3-4-14(8-16)12-33(2,29)30/h6-7,9-11,13-14,16H,3-5,8,12H2,1-2H3,(H,26,27,28). The van der Waals surface area contributed by atoms with Gasteiger partial charge in [0.25, 0.3) is 0 Å². The molecule has 4 rings (SSSR count). The summed E-state index contributed by atoms with van der Waals surface area (Å²) in [7, 11) is -1.48. The third-order valence-corrected chi connectivity index (χ3v) is 7.04. The smallest absolute Gasteiger partial charge is 0.162 e. The van der Waals surface area contributed by atoms with E-state index in [9.17, 15) is 12.8 Å². The van der Waals surface area contributed by atoms with Crippen molar-refractivity contribution in [1.82, 2.24) is 9.97 Å². The highest BCUT2D eigenvalue weighted by Gasteiger charge is 2.27. The van der Waals surface area contributed by atoms with Gasteiger partial charge in [0.15, 0.2) is 11.5 Å². The van der Waals surface area contributed by atoms with Gasteiger partial charge >= 0.3 is 0 Å². The summed E-state index contributed by atoms with van der Waals surface area (Å²) in [6, 6.07) is 7.91. The Labute approximate surface area is 197 Å². The molecule has 1 aliphatic rings. The van der Waals surface area contributed by atoms with Gasteiger partial charge in [0, 0.05) is 23.4 Å². The van der Waals surface area contributed by atoms with Crippen molar-refractivity contribution < 1.29 is 22.3 Å². The molecule has 3 aromatic rings. The third-order valence-electron chi connectivity index (χ3n) is 5.67. The first-order chi connectivity index (χ1) is 15.7. The number of anilines is 2. The van der Waals surface area contributed by atoms with Gasteiger partial charge in [-0.15, -0.1) is 0 Å². The van der Waals surface area contributed by atoms with Gasteiger partial charge < -0.3 is 14.8 Å². The van der Waals surface area contributed by atoms with Crippen molar-refractivity contribution in [2.75, 3.05) is 24.4 Å². The minimum atomic E-state index is -3.04. The molecule has 1 fully saturated rings. The maximum Gasteiger partial charge on any atom is 0.162 e. The summed E-state index contributed by atoms with van der Waals surface area (Å²) < 4.78 is 48.8. The van der Waals surface area contributed by atoms with Crippen LogP contribution in [-0.4, -0.2) is 43.6 Å². The van der Waals surface area contributed by atoms with Gasteiger partial charge in [-0.2, -0.15) is 0 Å². The molecule has 0 saturated heterocycles. The molecule has 2 unspecified atom stereocenters. The van der Waals surface area contributed by atoms with E-state index < -0.39 is 15.7 Å². The number of methoxy groups -OCH3 is 1. The first-order valence-corrected chi connectivity index (χ1v) is 13.0. The highest BCUT2D eigenvalue weighted by molar-refractivity contribution is 7.90. The quantitative estimate of drug-likeness (QED) is 0.486. The van der Waals surface area contributed by atoms with Crippen LogP contribution < -0.4 is 14.8 Å². The third kappa shape index (κ3) is 5.83. The van der Waals surface area contributed by atoms with Crippen molar-refractivity contribution in [1.29, 1.82) is 0 Å². The van der Waals surface area contributed by atoms with Crippen molar-refractivity contribution in [2.45, 2.75) is 31.8 Å². The lowest BCUT2D eigenvalue weighted by Gasteiger charge is -2.29. The van der Waals surface area contributed by atoms with E-state index in [-0.39, 0.29) is 22.8 Å². The molecule has 1 heterocycles. The Kier molecular flexibility index (Phi) is 6.90. The summed E-state index contributed by atoms with van der Waals surface area (Å²) in [6.45, 7) is 0. The number of ether oxygens (including phenoxy) is 2. The second kappa shape index (κ2) is 9.69. The molecular formula is C23H25ClFN3O4S. The van der Waals surface area contributed by atoms with Crippen LogP contribution in [0.1, 0.15) is 25.7 Å². The number of nitrogens with zero attached hydrogens (tertiary/aromatic N) is 2. The predicted octanol–water partition coefficient (Wildman–Crippen LogP) is 5.16. The number of fused-ring (bicyclic) bond motifs is 1. The molecule has 1 saturated carbocycles. The summed E-state index contributed by atoms with van der Waals surface area (Å²) in [4.78, 5) is 8.65. The molecule has 10 heteroatoms. The zero-order valence-corrected chi connectivity index (χ0v) is 19.9. The minimum Gasteiger partial charge on any atom is -0.493 e. The van der Waals surface area contributed by atoms with Crippen LogP contribution in [0, 0.1) is 11.7 Å². The molecule has 0 amide bonds. The molecule has 1 aromatic heterocycles. The Morgan fingerprint density at radius 3 is 2.73 bits per heavy atom. The largest absolute Gasteiger partial charge is 0.493 e. The molecule has 2 atom stereocenters. The normalized spacial score (nSPS) is 18.8. The van der Waals surface area contributed by atoms with Crippen molar-refractivity contribution in [2.24, 2.45) is 5.92 Å². The maximum absolute atomic E-state index is 13.5. The van der Waals surface area contributed by atoms with Crippen LogP contribution in [0.2, 0.25) is 5.02 Å². The first-order valence-electron chi connectivity index (χ1n) is 10.6. The Hall–Kier alpha value is -2.65. The van der Waals surface area contributed by atoms with Crippen LogP contribution in [0.3, 0.4) is 0 Å². The summed E-state index contributed by atoms with van der Waals surface area (Å²) >= 11 is 5.90. The molecule has 2 aromatic carbocycles. The molecule has 176 valence electrons. The number of rotatable bonds is 7. The van der Waals surface area contributed by atoms with E-state index in [1.165, 1.54) is 24.7 Å². The van der Waals surface area contributed by atoms with Crippen LogP contribution in [0.25, 0.3) is 10.9 Å². The maximum atomic E-state index is 13.5. The average molecular weight is 494 g/mol. The van der Waals surface area contributed by atoms with Crippen LogP contribution in [0.4, 0.5) is 15.9 Å². The fourth-order valence-corrected chi connectivity index (χ4v) is 5.57. The van der Waals surface area contributed by atoms with Crippen molar-refractivity contribution in [3.8, 4) is 11.5 Å². The molecule has 0 aliphatic heterocycles. The van der Waals surface area contributed by atoms with Crippen molar-refractivity contribution in [3.05, 3.63) is 47.5 Å². The van der Waals surface area contributed by atoms with Crippen LogP contribution in [0.5, 0.6) is 11.5 Å². The lowest BCUT2D eigenvalue weighted by atomic mass is 9.88. The van der Waals surface area contributed by atoms with Gasteiger partial charge in [-0.1, -0.05) is 11.6 Å². The van der Waals surface area contributed by atoms with E-state index >= 15 is 0 Å². The average Bonchev–Trinajstić information content (AvgIpc) is 2.75. The van der Waals surface area contributed by atoms with Crippen LogP contribution in [-0.2, 0) is 9.84 Å². The Morgan fingerprint density at radius 2 is 2.00 bits per heavy atom. The van der Waals surface area contributed by atoms with Gasteiger partial charge in [0.2, 0.25) is 0 Å². The van der Waals surface area contributed by atoms with E-state index in [1.54, 1.807) is 19.2 Å². The molecule has 1 N–H and O–H groups in total. The lowest BCUT2D eigenvalue weighted by Crippen LogP contribution is -2.29. The van der Waals surface area contributed by atoms with Gasteiger partial charge in [0.1, 0.15) is 27.8 Å². The number of benzene rings is 2. The highest BCUT2D eigenvalue weighted by Crippen LogP contribution is 2.38. The van der Waals surface area contributed by atoms with Gasteiger partial charge in [-0.05, 0) is 55.9 Å². The number of halogens is 2. The second-order valence-corrected chi connectivity index (χ2v) is 11.0. The minimum absolute atomic E-state index is 0.00463. The second-order valence-electron chi connectivity index (χ2n) is 8.36. The van der Waals surface area contributed by atoms with Gasteiger partial charge in [-0.25, -0.2) is 22.8 Å². The highest BCUT2D eigenvalue weighted by atomic mass is 35.5. The number of nitrogens with one attached hydrogen (secondary N) is 1. The Bertz CT molecular complexity index is 1270. The van der Waals surface area contributed by atoms with E-state index in [0.29, 0.717) is 40.3 Å². The number of aromatic nitrogens is 2. The SMILES string of the molecule is COc1cc2ncnc(Nc3ccc(F)c(Cl)c3)c2cc1OC1CCCC(CS(C)(=O)=O)C1. The van der Waals surface area contributed by atoms with Gasteiger partial charge in [0.05, 0.1) is 29.5 Å². The summed E-state index contributed by atoms with van der Waals surface area (Å²) in [5, 5.41) is 3.85. The molecule has 33 heavy (non-hydrogen) atoms. The van der Waals surface area contributed by atoms with Gasteiger partial charge in [-0.3, -0.25) is 0 Å². The monoisotopic (exact) mass is 493 g/mol. The Balaban J connectivity index is 1.62. The van der Waals surface area contributed by atoms with Crippen LogP contribution >= 0.6 is 11.6 Å². The fourth-order valence-electron chi connectivity index (χ4n) is 4.23. The summed E-state index contributed by atoms with van der Waals surface area (Å²) in [5.41, 5.74) is 1.22. The number of hydrogen-bond donors (Lipinski definition) is 1. The van der Waals surface area contributed by atoms with Crippen molar-refractivity contribution in [3.63, 3.8) is 0 Å². The molecule has 7 nitrogen and oxygen atoms in total. The van der Waals surface area contributed by atoms with Crippen LogP contribution in [0.15, 0.2) is 36.7 Å². The number of sulfone groups is 1. The molecule has 0 bridgehead atoms. The van der Waals surface area contributed by atoms with E-state index in [4.69, 9.17) is 21.1 Å². The van der Waals surface area contributed by atoms with E-state index in [2.05, 4.69) is 15.3 Å². The van der Waals surface area contributed by atoms with E-state index in [1.807, 2.05) is 6.07 Å². The fraction of sp³-hybridized carbons (Fsp3) is 0.391. The Morgan fingerprint density at radius 1 is 1.18 bits per heavy atom. The number of hydrogen-bond acceptors (Lipinski definition) is 7. The van der Waals surface area contributed by atoms with E-state index in [0.717, 1.165) is 19.3 Å². The topological polar surface area (TPSA) is 90.4 Å². The molecule has 0 spiro atoms.